The maximum absolute atomic E-state index is 14.0. The summed E-state index contributed by atoms with van der Waals surface area (Å²) in [7, 11) is 0. The second-order valence-electron chi connectivity index (χ2n) is 17.5. The molecule has 0 amide bonds. The quantitative estimate of drug-likeness (QED) is 0.161. The molecule has 0 aromatic heterocycles. The van der Waals surface area contributed by atoms with E-state index < -0.39 is 87.2 Å². The van der Waals surface area contributed by atoms with Crippen LogP contribution in [0.15, 0.2) is 35.6 Å². The third-order valence-electron chi connectivity index (χ3n) is 13.3. The molecule has 0 aromatic carbocycles. The zero-order valence-electron chi connectivity index (χ0n) is 31.5. The first kappa shape index (κ1) is 39.3. The molecule has 2 saturated carbocycles. The lowest BCUT2D eigenvalue weighted by atomic mass is 9.39. The van der Waals surface area contributed by atoms with Gasteiger partial charge in [0.1, 0.15) is 11.7 Å². The number of rotatable bonds is 8. The van der Waals surface area contributed by atoms with Crippen molar-refractivity contribution in [2.45, 2.75) is 137 Å². The first-order valence-corrected chi connectivity index (χ1v) is 18.0. The summed E-state index contributed by atoms with van der Waals surface area (Å²) in [5.41, 5.74) is -4.95. The summed E-state index contributed by atoms with van der Waals surface area (Å²) in [5.74, 6) is -3.66. The predicted molar refractivity (Wildman–Crippen MR) is 184 cm³/mol. The van der Waals surface area contributed by atoms with E-state index in [0.29, 0.717) is 25.7 Å². The molecule has 1 heterocycles. The minimum atomic E-state index is -2.01. The van der Waals surface area contributed by atoms with Gasteiger partial charge in [-0.2, -0.15) is 0 Å². The Kier molecular flexibility index (Phi) is 9.94. The van der Waals surface area contributed by atoms with Crippen LogP contribution in [0.25, 0.3) is 0 Å². The Labute approximate surface area is 300 Å². The molecule has 12 nitrogen and oxygen atoms in total. The highest BCUT2D eigenvalue weighted by atomic mass is 16.7. The first-order chi connectivity index (χ1) is 23.3. The Balaban J connectivity index is 1.60. The average molecular weight is 717 g/mol. The van der Waals surface area contributed by atoms with Gasteiger partial charge in [-0.05, 0) is 94.6 Å². The van der Waals surface area contributed by atoms with E-state index in [0.717, 1.165) is 5.57 Å². The van der Waals surface area contributed by atoms with E-state index in [1.165, 1.54) is 46.8 Å². The Morgan fingerprint density at radius 1 is 0.961 bits per heavy atom. The number of carbonyl (C=O) groups is 4. The van der Waals surface area contributed by atoms with Crippen LogP contribution in [0.2, 0.25) is 0 Å². The summed E-state index contributed by atoms with van der Waals surface area (Å²) in [6.45, 7) is 16.7. The van der Waals surface area contributed by atoms with Gasteiger partial charge in [0, 0.05) is 25.7 Å². The summed E-state index contributed by atoms with van der Waals surface area (Å²) < 4.78 is 23.4. The van der Waals surface area contributed by atoms with Crippen LogP contribution in [0, 0.1) is 39.4 Å². The number of hydrogen-bond acceptors (Lipinski definition) is 12. The second kappa shape index (κ2) is 12.9. The maximum atomic E-state index is 14.0. The molecule has 5 rings (SSSR count). The van der Waals surface area contributed by atoms with E-state index >= 15 is 0 Å². The highest BCUT2D eigenvalue weighted by molar-refractivity contribution is 6.01. The number of hydrogen-bond donors (Lipinski definition) is 4. The molecule has 0 spiro atoms. The van der Waals surface area contributed by atoms with Crippen LogP contribution in [0.5, 0.6) is 0 Å². The molecule has 1 aliphatic heterocycles. The Hall–Kier alpha value is -2.90. The molecule has 3 fully saturated rings. The van der Waals surface area contributed by atoms with Crippen molar-refractivity contribution in [2.24, 2.45) is 39.4 Å². The van der Waals surface area contributed by atoms with E-state index in [-0.39, 0.29) is 30.0 Å². The molecule has 284 valence electrons. The van der Waals surface area contributed by atoms with E-state index in [2.05, 4.69) is 26.8 Å². The number of carbonyl (C=O) groups excluding carboxylic acids is 4. The molecule has 5 aliphatic rings. The van der Waals surface area contributed by atoms with Crippen molar-refractivity contribution >= 4 is 23.5 Å². The molecule has 1 saturated heterocycles. The van der Waals surface area contributed by atoms with Crippen molar-refractivity contribution in [3.05, 3.63) is 35.6 Å². The number of esters is 2. The molecule has 4 N–H and O–H groups in total. The lowest BCUT2D eigenvalue weighted by molar-refractivity contribution is -0.296. The van der Waals surface area contributed by atoms with Crippen molar-refractivity contribution in [1.29, 1.82) is 0 Å². The molecule has 12 atom stereocenters. The molecule has 0 bridgehead atoms. The minimum Gasteiger partial charge on any atom is -0.505 e. The maximum Gasteiger partial charge on any atom is 0.303 e. The first-order valence-electron chi connectivity index (χ1n) is 18.0. The van der Waals surface area contributed by atoms with Crippen LogP contribution in [-0.4, -0.2) is 92.4 Å². The largest absolute Gasteiger partial charge is 0.505 e. The molecule has 1 unspecified atom stereocenters. The summed E-state index contributed by atoms with van der Waals surface area (Å²) in [4.78, 5) is 51.0. The zero-order chi connectivity index (χ0) is 38.3. The fraction of sp³-hybridized carbons (Fsp3) is 0.744. The highest BCUT2D eigenvalue weighted by Gasteiger charge is 2.73. The van der Waals surface area contributed by atoms with Crippen molar-refractivity contribution < 1.29 is 58.6 Å². The third kappa shape index (κ3) is 6.43. The van der Waals surface area contributed by atoms with E-state index in [9.17, 15) is 39.6 Å². The number of fused-ring (bicyclic) bond motifs is 5. The third-order valence-corrected chi connectivity index (χ3v) is 13.3. The highest BCUT2D eigenvalue weighted by Crippen LogP contribution is 2.75. The summed E-state index contributed by atoms with van der Waals surface area (Å²) in [6.07, 6.45) is 2.33. The number of Topliss-reactive ketones (excluding diaryl/α,β-unsaturated/α-hetero) is 1. The molecule has 0 aromatic rings. The summed E-state index contributed by atoms with van der Waals surface area (Å²) in [6, 6.07) is 0. The van der Waals surface area contributed by atoms with Gasteiger partial charge in [-0.25, -0.2) is 0 Å². The van der Waals surface area contributed by atoms with E-state index in [1.807, 2.05) is 13.8 Å². The Morgan fingerprint density at radius 3 is 2.18 bits per heavy atom. The standard InChI is InChI=1S/C39H56O12/c1-20(40)49-26-19-48-33(30(29(26)44)50-21(2)41)51-25-18-38(9)27-12-11-22-23(17-24(42)32(45)35(22,5)6)36(27,7)15-16-37(38,8)31(25)39(10,47)28(43)13-14-34(3,4)46/h11,13-14,17,23,25-27,29-31,33,42,44,46-47H,12,15-16,18-19H2,1-10H3/b14-13+/t23-,25-,26+,27-,29?,30-,31+,33+,36+,37-,38+,39+/m1/s1. The minimum absolute atomic E-state index is 0.0463. The second-order valence-corrected chi connectivity index (χ2v) is 17.5. The van der Waals surface area contributed by atoms with Gasteiger partial charge in [0.15, 0.2) is 30.0 Å². The SMILES string of the molecule is CC(=O)O[C@H]1CO[C@@H](O[C@@H]2C[C@@]3(C)[C@@H]4CC=C5[C@@H](C=C(O)C(=O)C5(C)C)[C@]4(C)CC[C@]3(C)[C@H]2[C@@](C)(O)C(=O)/C=C/C(C)(C)O)[C@H](OC(C)=O)C1O. The van der Waals surface area contributed by atoms with E-state index in [4.69, 9.17) is 18.9 Å². The monoisotopic (exact) mass is 716 g/mol. The number of ether oxygens (including phenoxy) is 4. The molecular weight excluding hydrogens is 660 g/mol. The molecular formula is C39H56O12. The topological polar surface area (TPSA) is 186 Å². The number of aliphatic hydroxyl groups is 4. The van der Waals surface area contributed by atoms with Gasteiger partial charge in [0.25, 0.3) is 0 Å². The van der Waals surface area contributed by atoms with Gasteiger partial charge < -0.3 is 39.4 Å². The van der Waals surface area contributed by atoms with Gasteiger partial charge >= 0.3 is 11.9 Å². The van der Waals surface area contributed by atoms with Crippen LogP contribution in [0.4, 0.5) is 0 Å². The normalized spacial score (nSPS) is 41.7. The van der Waals surface area contributed by atoms with Crippen molar-refractivity contribution in [1.82, 2.24) is 0 Å². The fourth-order valence-electron chi connectivity index (χ4n) is 10.6. The average Bonchev–Trinajstić information content (AvgIpc) is 3.24. The number of aliphatic hydroxyl groups excluding tert-OH is 2. The zero-order valence-corrected chi connectivity index (χ0v) is 31.5. The van der Waals surface area contributed by atoms with Crippen molar-refractivity contribution in [3.63, 3.8) is 0 Å². The van der Waals surface area contributed by atoms with Crippen LogP contribution in [0.3, 0.4) is 0 Å². The van der Waals surface area contributed by atoms with E-state index in [1.54, 1.807) is 6.08 Å². The Bertz CT molecular complexity index is 1550. The molecule has 51 heavy (non-hydrogen) atoms. The van der Waals surface area contributed by atoms with Crippen LogP contribution in [-0.2, 0) is 38.1 Å². The smallest absolute Gasteiger partial charge is 0.303 e. The van der Waals surface area contributed by atoms with Gasteiger partial charge in [-0.15, -0.1) is 0 Å². The fourth-order valence-corrected chi connectivity index (χ4v) is 10.6. The number of ketones is 2. The van der Waals surface area contributed by atoms with Gasteiger partial charge in [-0.3, -0.25) is 19.2 Å². The summed E-state index contributed by atoms with van der Waals surface area (Å²) in [5, 5.41) is 44.8. The van der Waals surface area contributed by atoms with Gasteiger partial charge in [0.2, 0.25) is 5.78 Å². The lowest BCUT2D eigenvalue weighted by Gasteiger charge is -2.64. The summed E-state index contributed by atoms with van der Waals surface area (Å²) >= 11 is 0. The van der Waals surface area contributed by atoms with Crippen molar-refractivity contribution in [3.8, 4) is 0 Å². The van der Waals surface area contributed by atoms with Crippen LogP contribution in [0.1, 0.15) is 94.9 Å². The molecule has 12 heteroatoms. The number of allylic oxidation sites excluding steroid dienone is 4. The van der Waals surface area contributed by atoms with Crippen LogP contribution >= 0.6 is 0 Å². The van der Waals surface area contributed by atoms with Crippen LogP contribution < -0.4 is 0 Å². The lowest BCUT2D eigenvalue weighted by Crippen LogP contribution is -2.61. The Morgan fingerprint density at radius 2 is 1.59 bits per heavy atom. The molecule has 4 aliphatic carbocycles. The van der Waals surface area contributed by atoms with Gasteiger partial charge in [0.05, 0.1) is 23.7 Å². The van der Waals surface area contributed by atoms with Gasteiger partial charge in [-0.1, -0.05) is 38.5 Å². The predicted octanol–water partition coefficient (Wildman–Crippen LogP) is 4.05. The van der Waals surface area contributed by atoms with Crippen molar-refractivity contribution in [2.75, 3.05) is 6.61 Å². The molecule has 0 radical (unpaired) electrons.